The second-order valence-corrected chi connectivity index (χ2v) is 12.3. The second kappa shape index (κ2) is 8.21. The lowest BCUT2D eigenvalue weighted by atomic mass is 10.0. The fraction of sp³-hybridized carbons (Fsp3) is 0.143. The standard InChI is InChI=1S/C28H26SSi/c1-20(2)19-21-11-6-9-17-26(21)30(22-12-4-3-5-13-22)27-18-10-15-24-23-14-7-8-16-25(23)29-28(24)27/h3-18,20,30H,19H2,1-2H3. The van der Waals surface area contributed by atoms with Gasteiger partial charge in [-0.05, 0) is 34.3 Å². The van der Waals surface area contributed by atoms with Crippen LogP contribution < -0.4 is 15.6 Å². The minimum Gasteiger partial charge on any atom is -0.135 e. The maximum absolute atomic E-state index is 2.40. The molecule has 0 aliphatic heterocycles. The van der Waals surface area contributed by atoms with Crippen LogP contribution in [0, 0.1) is 5.92 Å². The molecule has 0 saturated heterocycles. The van der Waals surface area contributed by atoms with Crippen LogP contribution in [0.5, 0.6) is 0 Å². The number of hydrogen-bond acceptors (Lipinski definition) is 1. The smallest absolute Gasteiger partial charge is 0.135 e. The minimum atomic E-state index is -1.60. The molecule has 1 heterocycles. The highest BCUT2D eigenvalue weighted by Gasteiger charge is 2.24. The highest BCUT2D eigenvalue weighted by molar-refractivity contribution is 7.27. The summed E-state index contributed by atoms with van der Waals surface area (Å²) in [5, 5.41) is 7.41. The molecule has 0 radical (unpaired) electrons. The molecule has 1 unspecified atom stereocenters. The molecule has 2 heteroatoms. The van der Waals surface area contributed by atoms with Crippen LogP contribution in [0.1, 0.15) is 19.4 Å². The average Bonchev–Trinajstić information content (AvgIpc) is 3.15. The molecule has 1 atom stereocenters. The van der Waals surface area contributed by atoms with Crippen LogP contribution >= 0.6 is 11.3 Å². The van der Waals surface area contributed by atoms with Crippen molar-refractivity contribution in [2.75, 3.05) is 0 Å². The van der Waals surface area contributed by atoms with Gasteiger partial charge < -0.3 is 0 Å². The Hall–Kier alpha value is -2.68. The van der Waals surface area contributed by atoms with Crippen molar-refractivity contribution in [2.45, 2.75) is 20.3 Å². The molecule has 1 aromatic heterocycles. The number of thiophene rings is 1. The summed E-state index contributed by atoms with van der Waals surface area (Å²) in [7, 11) is -1.60. The van der Waals surface area contributed by atoms with Crippen LogP contribution in [0.2, 0.25) is 0 Å². The van der Waals surface area contributed by atoms with Gasteiger partial charge in [-0.2, -0.15) is 0 Å². The Morgan fingerprint density at radius 3 is 2.17 bits per heavy atom. The van der Waals surface area contributed by atoms with Crippen molar-refractivity contribution < 1.29 is 0 Å². The van der Waals surface area contributed by atoms with Crippen molar-refractivity contribution in [1.82, 2.24) is 0 Å². The van der Waals surface area contributed by atoms with Crippen molar-refractivity contribution in [1.29, 1.82) is 0 Å². The summed E-state index contributed by atoms with van der Waals surface area (Å²) in [5.41, 5.74) is 1.52. The van der Waals surface area contributed by atoms with E-state index in [0.717, 1.165) is 6.42 Å². The third kappa shape index (κ3) is 3.51. The molecular formula is C28H26SSi. The van der Waals surface area contributed by atoms with E-state index in [4.69, 9.17) is 0 Å². The van der Waals surface area contributed by atoms with E-state index in [2.05, 4.69) is 111 Å². The maximum atomic E-state index is 2.40. The zero-order valence-electron chi connectivity index (χ0n) is 17.5. The molecule has 148 valence electrons. The molecule has 0 N–H and O–H groups in total. The van der Waals surface area contributed by atoms with Crippen molar-refractivity contribution in [3.63, 3.8) is 0 Å². The number of benzene rings is 4. The maximum Gasteiger partial charge on any atom is 0.135 e. The first-order valence-electron chi connectivity index (χ1n) is 10.8. The summed E-state index contributed by atoms with van der Waals surface area (Å²) in [6.07, 6.45) is 1.13. The van der Waals surface area contributed by atoms with Gasteiger partial charge in [-0.3, -0.25) is 0 Å². The van der Waals surface area contributed by atoms with Gasteiger partial charge in [-0.1, -0.05) is 110 Å². The molecule has 0 saturated carbocycles. The summed E-state index contributed by atoms with van der Waals surface area (Å²) < 4.78 is 2.86. The zero-order chi connectivity index (χ0) is 20.5. The number of hydrogen-bond donors (Lipinski definition) is 0. The first-order chi connectivity index (χ1) is 14.7. The topological polar surface area (TPSA) is 0 Å². The Bertz CT molecular complexity index is 1300. The van der Waals surface area contributed by atoms with Gasteiger partial charge in [-0.25, -0.2) is 0 Å². The summed E-state index contributed by atoms with van der Waals surface area (Å²) >= 11 is 1.96. The fourth-order valence-corrected chi connectivity index (χ4v) is 9.54. The van der Waals surface area contributed by atoms with Gasteiger partial charge in [0, 0.05) is 20.2 Å². The van der Waals surface area contributed by atoms with Gasteiger partial charge in [0.1, 0.15) is 8.80 Å². The first-order valence-corrected chi connectivity index (χ1v) is 13.3. The second-order valence-electron chi connectivity index (χ2n) is 8.46. The summed E-state index contributed by atoms with van der Waals surface area (Å²) in [6.45, 7) is 4.64. The predicted octanol–water partition coefficient (Wildman–Crippen LogP) is 5.50. The first kappa shape index (κ1) is 19.3. The molecule has 5 rings (SSSR count). The van der Waals surface area contributed by atoms with E-state index >= 15 is 0 Å². The molecule has 0 bridgehead atoms. The lowest BCUT2D eigenvalue weighted by Crippen LogP contribution is -2.53. The van der Waals surface area contributed by atoms with E-state index in [9.17, 15) is 0 Å². The Morgan fingerprint density at radius 1 is 0.667 bits per heavy atom. The molecule has 0 fully saturated rings. The molecule has 0 aliphatic rings. The van der Waals surface area contributed by atoms with Gasteiger partial charge in [0.2, 0.25) is 0 Å². The van der Waals surface area contributed by atoms with E-state index in [1.807, 2.05) is 11.3 Å². The monoisotopic (exact) mass is 422 g/mol. The van der Waals surface area contributed by atoms with Crippen molar-refractivity contribution in [3.8, 4) is 0 Å². The Morgan fingerprint density at radius 2 is 1.33 bits per heavy atom. The van der Waals surface area contributed by atoms with E-state index in [0.29, 0.717) is 5.92 Å². The largest absolute Gasteiger partial charge is 0.135 e. The zero-order valence-corrected chi connectivity index (χ0v) is 19.5. The third-order valence-electron chi connectivity index (χ3n) is 5.87. The molecule has 0 spiro atoms. The van der Waals surface area contributed by atoms with Crippen LogP contribution in [0.25, 0.3) is 20.2 Å². The summed E-state index contributed by atoms with van der Waals surface area (Å²) in [4.78, 5) is 0. The lowest BCUT2D eigenvalue weighted by molar-refractivity contribution is 0.649. The quantitative estimate of drug-likeness (QED) is 0.259. The Labute approximate surface area is 184 Å². The number of rotatable bonds is 5. The van der Waals surface area contributed by atoms with E-state index in [-0.39, 0.29) is 0 Å². The third-order valence-corrected chi connectivity index (χ3v) is 10.7. The summed E-state index contributed by atoms with van der Waals surface area (Å²) in [6, 6.07) is 36.2. The molecule has 0 amide bonds. The molecule has 30 heavy (non-hydrogen) atoms. The normalized spacial score (nSPS) is 12.6. The molecule has 0 aliphatic carbocycles. The van der Waals surface area contributed by atoms with E-state index in [1.54, 1.807) is 10.4 Å². The minimum absolute atomic E-state index is 0.650. The SMILES string of the molecule is CC(C)Cc1ccccc1[SiH](c1ccccc1)c1cccc2c1sc1ccccc12. The van der Waals surface area contributed by atoms with E-state index < -0.39 is 8.80 Å². The molecule has 0 nitrogen and oxygen atoms in total. The van der Waals surface area contributed by atoms with Gasteiger partial charge in [0.05, 0.1) is 0 Å². The van der Waals surface area contributed by atoms with Crippen LogP contribution in [-0.4, -0.2) is 8.80 Å². The Balaban J connectivity index is 1.80. The van der Waals surface area contributed by atoms with Gasteiger partial charge in [0.15, 0.2) is 0 Å². The van der Waals surface area contributed by atoms with Gasteiger partial charge in [0.25, 0.3) is 0 Å². The highest BCUT2D eigenvalue weighted by atomic mass is 32.1. The fourth-order valence-electron chi connectivity index (χ4n) is 4.61. The van der Waals surface area contributed by atoms with Crippen molar-refractivity contribution in [2.24, 2.45) is 5.92 Å². The van der Waals surface area contributed by atoms with E-state index in [1.165, 1.54) is 30.9 Å². The van der Waals surface area contributed by atoms with Crippen molar-refractivity contribution >= 4 is 55.9 Å². The van der Waals surface area contributed by atoms with Gasteiger partial charge >= 0.3 is 0 Å². The Kier molecular flexibility index (Phi) is 5.28. The van der Waals surface area contributed by atoms with Crippen LogP contribution in [-0.2, 0) is 6.42 Å². The van der Waals surface area contributed by atoms with Gasteiger partial charge in [-0.15, -0.1) is 11.3 Å². The van der Waals surface area contributed by atoms with Crippen LogP contribution in [0.3, 0.4) is 0 Å². The molecule has 5 aromatic rings. The predicted molar refractivity (Wildman–Crippen MR) is 137 cm³/mol. The summed E-state index contributed by atoms with van der Waals surface area (Å²) in [5.74, 6) is 0.650. The highest BCUT2D eigenvalue weighted by Crippen LogP contribution is 2.32. The lowest BCUT2D eigenvalue weighted by Gasteiger charge is -2.22. The number of fused-ring (bicyclic) bond motifs is 3. The van der Waals surface area contributed by atoms with Crippen LogP contribution in [0.4, 0.5) is 0 Å². The van der Waals surface area contributed by atoms with Crippen LogP contribution in [0.15, 0.2) is 97.1 Å². The molecular weight excluding hydrogens is 396 g/mol. The van der Waals surface area contributed by atoms with Crippen molar-refractivity contribution in [3.05, 3.63) is 103 Å². The molecule has 4 aromatic carbocycles. The average molecular weight is 423 g/mol.